The first-order valence-electron chi connectivity index (χ1n) is 11.9. The second-order valence-electron chi connectivity index (χ2n) is 9.32. The van der Waals surface area contributed by atoms with E-state index in [1.54, 1.807) is 0 Å². The van der Waals surface area contributed by atoms with Crippen LogP contribution in [0.5, 0.6) is 0 Å². The number of hydrogen-bond acceptors (Lipinski definition) is 4. The summed E-state index contributed by atoms with van der Waals surface area (Å²) in [5.74, 6) is 0. The quantitative estimate of drug-likeness (QED) is 0.333. The van der Waals surface area contributed by atoms with E-state index in [-0.39, 0.29) is 24.4 Å². The van der Waals surface area contributed by atoms with Crippen LogP contribution in [0.15, 0.2) is 36.4 Å². The average molecular weight is 443 g/mol. The van der Waals surface area contributed by atoms with Crippen molar-refractivity contribution in [3.63, 3.8) is 0 Å². The molecule has 0 aliphatic heterocycles. The Balaban J connectivity index is 2.71. The molecule has 0 saturated heterocycles. The predicted molar refractivity (Wildman–Crippen MR) is 132 cm³/mol. The highest BCUT2D eigenvalue weighted by Crippen LogP contribution is 2.34. The molecule has 0 unspecified atom stereocenters. The van der Waals surface area contributed by atoms with Gasteiger partial charge >= 0.3 is 0 Å². The zero-order chi connectivity index (χ0) is 23.7. The van der Waals surface area contributed by atoms with Crippen LogP contribution < -0.4 is 0 Å². The molecule has 4 heteroatoms. The second kappa shape index (κ2) is 13.1. The summed E-state index contributed by atoms with van der Waals surface area (Å²) in [6.45, 7) is 18.6. The maximum atomic E-state index is 6.14. The van der Waals surface area contributed by atoms with Crippen molar-refractivity contribution in [1.82, 2.24) is 0 Å². The molecular weight excluding hydrogens is 400 g/mol. The highest BCUT2D eigenvalue weighted by Gasteiger charge is 2.21. The van der Waals surface area contributed by atoms with E-state index in [1.165, 1.54) is 16.7 Å². The fraction of sp³-hybridized carbons (Fsp3) is 0.571. The lowest BCUT2D eigenvalue weighted by molar-refractivity contribution is 0.0430. The van der Waals surface area contributed by atoms with Gasteiger partial charge in [-0.1, -0.05) is 30.3 Å². The van der Waals surface area contributed by atoms with E-state index in [0.717, 1.165) is 16.7 Å². The molecular formula is C28H42O4. The molecule has 0 heterocycles. The average Bonchev–Trinajstić information content (AvgIpc) is 2.73. The van der Waals surface area contributed by atoms with Gasteiger partial charge in [-0.05, 0) is 94.8 Å². The van der Waals surface area contributed by atoms with Crippen molar-refractivity contribution in [3.8, 4) is 11.1 Å². The van der Waals surface area contributed by atoms with Crippen LogP contribution in [-0.2, 0) is 45.4 Å². The monoisotopic (exact) mass is 442 g/mol. The third kappa shape index (κ3) is 8.32. The Morgan fingerprint density at radius 1 is 0.531 bits per heavy atom. The molecule has 0 saturated carbocycles. The zero-order valence-corrected chi connectivity index (χ0v) is 21.2. The lowest BCUT2D eigenvalue weighted by Gasteiger charge is -2.25. The maximum Gasteiger partial charge on any atom is 0.0730 e. The van der Waals surface area contributed by atoms with Crippen LogP contribution in [0.2, 0.25) is 0 Å². The number of hydrogen-bond donors (Lipinski definition) is 0. The van der Waals surface area contributed by atoms with Gasteiger partial charge in [0.05, 0.1) is 50.8 Å². The van der Waals surface area contributed by atoms with Gasteiger partial charge in [0, 0.05) is 0 Å². The van der Waals surface area contributed by atoms with Crippen molar-refractivity contribution >= 4 is 0 Å². The van der Waals surface area contributed by atoms with Crippen molar-refractivity contribution in [2.75, 3.05) is 0 Å². The summed E-state index contributed by atoms with van der Waals surface area (Å²) in [7, 11) is 0. The summed E-state index contributed by atoms with van der Waals surface area (Å²) in [5.41, 5.74) is 6.97. The Kier molecular flexibility index (Phi) is 10.9. The third-order valence-electron chi connectivity index (χ3n) is 5.10. The first kappa shape index (κ1) is 26.5. The van der Waals surface area contributed by atoms with Crippen LogP contribution in [0.3, 0.4) is 0 Å². The minimum atomic E-state index is 0.128. The van der Waals surface area contributed by atoms with Crippen molar-refractivity contribution in [2.45, 2.75) is 106 Å². The summed E-state index contributed by atoms with van der Waals surface area (Å²) in [6.07, 6.45) is 0.547. The molecule has 0 aromatic heterocycles. The lowest BCUT2D eigenvalue weighted by Crippen LogP contribution is -2.16. The first-order chi connectivity index (χ1) is 15.2. The molecule has 0 aliphatic carbocycles. The summed E-state index contributed by atoms with van der Waals surface area (Å²) >= 11 is 0. The highest BCUT2D eigenvalue weighted by molar-refractivity contribution is 5.71. The Morgan fingerprint density at radius 2 is 0.969 bits per heavy atom. The topological polar surface area (TPSA) is 36.9 Å². The van der Waals surface area contributed by atoms with E-state index in [2.05, 4.69) is 85.7 Å². The van der Waals surface area contributed by atoms with Gasteiger partial charge in [0.2, 0.25) is 0 Å². The molecule has 2 rings (SSSR count). The molecule has 2 aromatic carbocycles. The standard InChI is InChI=1S/C28H42O4/c1-19(2)29-15-24-14-25(23-12-10-9-11-13-23)27(17-31-21(5)6)28(18-32-22(7)8)26(24)16-30-20(3)4/h9-14,19-22H,15-18H2,1-8H3. The van der Waals surface area contributed by atoms with E-state index >= 15 is 0 Å². The van der Waals surface area contributed by atoms with Crippen molar-refractivity contribution in [2.24, 2.45) is 0 Å². The van der Waals surface area contributed by atoms with Gasteiger partial charge in [-0.3, -0.25) is 0 Å². The zero-order valence-electron chi connectivity index (χ0n) is 21.2. The molecule has 0 bridgehead atoms. The van der Waals surface area contributed by atoms with Crippen LogP contribution in [0.1, 0.15) is 77.6 Å². The van der Waals surface area contributed by atoms with Crippen LogP contribution in [-0.4, -0.2) is 24.4 Å². The van der Waals surface area contributed by atoms with E-state index in [9.17, 15) is 0 Å². The normalized spacial score (nSPS) is 12.0. The minimum absolute atomic E-state index is 0.128. The molecule has 0 spiro atoms. The van der Waals surface area contributed by atoms with Crippen LogP contribution in [0, 0.1) is 0 Å². The first-order valence-corrected chi connectivity index (χ1v) is 11.9. The van der Waals surface area contributed by atoms with Gasteiger partial charge in [0.25, 0.3) is 0 Å². The number of rotatable bonds is 13. The Labute approximate surface area is 195 Å². The molecule has 0 N–H and O–H groups in total. The van der Waals surface area contributed by atoms with Gasteiger partial charge in [-0.15, -0.1) is 0 Å². The largest absolute Gasteiger partial charge is 0.374 e. The molecule has 0 atom stereocenters. The summed E-state index contributed by atoms with van der Waals surface area (Å²) in [5, 5.41) is 0. The molecule has 0 radical (unpaired) electrons. The van der Waals surface area contributed by atoms with E-state index < -0.39 is 0 Å². The SMILES string of the molecule is CC(C)OCc1cc(-c2ccccc2)c(COC(C)C)c(COC(C)C)c1COC(C)C. The van der Waals surface area contributed by atoms with Gasteiger partial charge in [0.1, 0.15) is 0 Å². The number of ether oxygens (including phenoxy) is 4. The fourth-order valence-corrected chi connectivity index (χ4v) is 3.42. The predicted octanol–water partition coefficient (Wildman–Crippen LogP) is 7.05. The number of benzene rings is 2. The van der Waals surface area contributed by atoms with E-state index in [0.29, 0.717) is 26.4 Å². The molecule has 0 fully saturated rings. The Bertz CT molecular complexity index is 810. The summed E-state index contributed by atoms with van der Waals surface area (Å²) < 4.78 is 24.4. The van der Waals surface area contributed by atoms with Gasteiger partial charge in [0.15, 0.2) is 0 Å². The second-order valence-corrected chi connectivity index (χ2v) is 9.32. The Hall–Kier alpha value is -1.72. The van der Waals surface area contributed by atoms with Crippen molar-refractivity contribution < 1.29 is 18.9 Å². The van der Waals surface area contributed by atoms with Crippen LogP contribution in [0.4, 0.5) is 0 Å². The van der Waals surface area contributed by atoms with Crippen LogP contribution >= 0.6 is 0 Å². The molecule has 178 valence electrons. The van der Waals surface area contributed by atoms with Gasteiger partial charge in [-0.2, -0.15) is 0 Å². The summed E-state index contributed by atoms with van der Waals surface area (Å²) in [6, 6.07) is 12.8. The highest BCUT2D eigenvalue weighted by atomic mass is 16.5. The third-order valence-corrected chi connectivity index (χ3v) is 5.10. The molecule has 2 aromatic rings. The smallest absolute Gasteiger partial charge is 0.0730 e. The minimum Gasteiger partial charge on any atom is -0.374 e. The van der Waals surface area contributed by atoms with Gasteiger partial charge in [-0.25, -0.2) is 0 Å². The van der Waals surface area contributed by atoms with Gasteiger partial charge < -0.3 is 18.9 Å². The van der Waals surface area contributed by atoms with E-state index in [4.69, 9.17) is 18.9 Å². The molecule has 0 amide bonds. The maximum absolute atomic E-state index is 6.14. The Morgan fingerprint density at radius 3 is 1.47 bits per heavy atom. The van der Waals surface area contributed by atoms with Crippen molar-refractivity contribution in [1.29, 1.82) is 0 Å². The fourth-order valence-electron chi connectivity index (χ4n) is 3.42. The molecule has 0 aliphatic rings. The molecule has 4 nitrogen and oxygen atoms in total. The lowest BCUT2D eigenvalue weighted by atomic mass is 9.89. The van der Waals surface area contributed by atoms with E-state index in [1.807, 2.05) is 6.07 Å². The molecule has 32 heavy (non-hydrogen) atoms. The summed E-state index contributed by atoms with van der Waals surface area (Å²) in [4.78, 5) is 0. The van der Waals surface area contributed by atoms with Crippen molar-refractivity contribution in [3.05, 3.63) is 58.7 Å². The van der Waals surface area contributed by atoms with Crippen LogP contribution in [0.25, 0.3) is 11.1 Å².